The number of hydrogen-bond acceptors (Lipinski definition) is 5. The van der Waals surface area contributed by atoms with E-state index in [9.17, 15) is 8.42 Å². The topological polar surface area (TPSA) is 82.5 Å². The molecule has 0 amide bonds. The summed E-state index contributed by atoms with van der Waals surface area (Å²) in [6, 6.07) is 3.21. The van der Waals surface area contributed by atoms with Gasteiger partial charge in [-0.2, -0.15) is 4.31 Å². The van der Waals surface area contributed by atoms with Crippen molar-refractivity contribution in [1.82, 2.24) is 9.29 Å². The third kappa shape index (κ3) is 3.11. The van der Waals surface area contributed by atoms with Gasteiger partial charge < -0.3 is 10.4 Å². The minimum absolute atomic E-state index is 0.128. The Morgan fingerprint density at radius 3 is 2.75 bits per heavy atom. The summed E-state index contributed by atoms with van der Waals surface area (Å²) in [6.45, 7) is 3.55. The lowest BCUT2D eigenvalue weighted by atomic mass is 10.00. The number of pyridine rings is 1. The Labute approximate surface area is 119 Å². The average Bonchev–Trinajstić information content (AvgIpc) is 2.48. The third-order valence-electron chi connectivity index (χ3n) is 3.56. The first kappa shape index (κ1) is 15.2. The van der Waals surface area contributed by atoms with Gasteiger partial charge in [0.2, 0.25) is 10.0 Å². The van der Waals surface area contributed by atoms with E-state index in [2.05, 4.69) is 10.3 Å². The van der Waals surface area contributed by atoms with E-state index in [1.54, 1.807) is 18.3 Å². The standard InChI is InChI=1S/C13H21N3O3S/c1-2-14-13-12(4-3-7-15-13)20(18,19)16-8-5-11(10-17)6-9-16/h3-4,7,11,17H,2,5-6,8-10H2,1H3,(H,14,15). The summed E-state index contributed by atoms with van der Waals surface area (Å²) < 4.78 is 26.8. The molecule has 1 saturated heterocycles. The summed E-state index contributed by atoms with van der Waals surface area (Å²) in [5.41, 5.74) is 0. The highest BCUT2D eigenvalue weighted by Gasteiger charge is 2.31. The van der Waals surface area contributed by atoms with Crippen LogP contribution in [0, 0.1) is 5.92 Å². The molecule has 0 radical (unpaired) electrons. The highest BCUT2D eigenvalue weighted by molar-refractivity contribution is 7.89. The molecule has 0 bridgehead atoms. The molecule has 0 saturated carbocycles. The first-order valence-electron chi connectivity index (χ1n) is 6.89. The number of aliphatic hydroxyl groups is 1. The number of piperidine rings is 1. The van der Waals surface area contributed by atoms with Gasteiger partial charge in [-0.15, -0.1) is 0 Å². The van der Waals surface area contributed by atoms with E-state index in [4.69, 9.17) is 5.11 Å². The van der Waals surface area contributed by atoms with Crippen LogP contribution in [0.25, 0.3) is 0 Å². The van der Waals surface area contributed by atoms with Crippen molar-refractivity contribution >= 4 is 15.8 Å². The number of nitrogens with one attached hydrogen (secondary N) is 1. The molecule has 1 aromatic rings. The van der Waals surface area contributed by atoms with E-state index in [1.165, 1.54) is 4.31 Å². The van der Waals surface area contributed by atoms with Crippen LogP contribution in [0.2, 0.25) is 0 Å². The summed E-state index contributed by atoms with van der Waals surface area (Å²) in [6.07, 6.45) is 2.98. The predicted molar refractivity (Wildman–Crippen MR) is 77.0 cm³/mol. The summed E-state index contributed by atoms with van der Waals surface area (Å²) in [4.78, 5) is 4.33. The van der Waals surface area contributed by atoms with E-state index in [-0.39, 0.29) is 17.4 Å². The van der Waals surface area contributed by atoms with Crippen LogP contribution < -0.4 is 5.32 Å². The molecular weight excluding hydrogens is 278 g/mol. The van der Waals surface area contributed by atoms with E-state index in [0.29, 0.717) is 38.3 Å². The highest BCUT2D eigenvalue weighted by Crippen LogP contribution is 2.26. The Bertz CT molecular complexity index is 540. The van der Waals surface area contributed by atoms with Crippen LogP contribution in [0.4, 0.5) is 5.82 Å². The van der Waals surface area contributed by atoms with Gasteiger partial charge in [-0.3, -0.25) is 0 Å². The van der Waals surface area contributed by atoms with Crippen molar-refractivity contribution in [3.63, 3.8) is 0 Å². The molecule has 2 heterocycles. The number of aromatic nitrogens is 1. The minimum Gasteiger partial charge on any atom is -0.396 e. The Morgan fingerprint density at radius 2 is 2.15 bits per heavy atom. The van der Waals surface area contributed by atoms with Crippen LogP contribution in [0.5, 0.6) is 0 Å². The first-order valence-corrected chi connectivity index (χ1v) is 8.33. The zero-order chi connectivity index (χ0) is 14.6. The van der Waals surface area contributed by atoms with Gasteiger partial charge in [0.05, 0.1) is 0 Å². The van der Waals surface area contributed by atoms with E-state index in [1.807, 2.05) is 6.92 Å². The van der Waals surface area contributed by atoms with Gasteiger partial charge in [-0.05, 0) is 37.8 Å². The maximum absolute atomic E-state index is 12.7. The minimum atomic E-state index is -3.52. The van der Waals surface area contributed by atoms with Crippen molar-refractivity contribution < 1.29 is 13.5 Å². The molecule has 0 aromatic carbocycles. The van der Waals surface area contributed by atoms with Crippen molar-refractivity contribution in [2.24, 2.45) is 5.92 Å². The first-order chi connectivity index (χ1) is 9.59. The van der Waals surface area contributed by atoms with Gasteiger partial charge >= 0.3 is 0 Å². The van der Waals surface area contributed by atoms with E-state index >= 15 is 0 Å². The fourth-order valence-corrected chi connectivity index (χ4v) is 3.96. The van der Waals surface area contributed by atoms with Gasteiger partial charge in [-0.25, -0.2) is 13.4 Å². The van der Waals surface area contributed by atoms with Crippen LogP contribution in [0.3, 0.4) is 0 Å². The molecule has 1 aliphatic heterocycles. The second-order valence-corrected chi connectivity index (χ2v) is 6.82. The van der Waals surface area contributed by atoms with Crippen LogP contribution in [0.15, 0.2) is 23.2 Å². The van der Waals surface area contributed by atoms with Gasteiger partial charge in [0.25, 0.3) is 0 Å². The van der Waals surface area contributed by atoms with E-state index in [0.717, 1.165) is 0 Å². The number of hydrogen-bond donors (Lipinski definition) is 2. The molecule has 1 fully saturated rings. The molecule has 2 rings (SSSR count). The molecule has 2 N–H and O–H groups in total. The Morgan fingerprint density at radius 1 is 1.45 bits per heavy atom. The quantitative estimate of drug-likeness (QED) is 0.844. The largest absolute Gasteiger partial charge is 0.396 e. The predicted octanol–water partition coefficient (Wildman–Crippen LogP) is 0.906. The number of aliphatic hydroxyl groups excluding tert-OH is 1. The Balaban J connectivity index is 2.23. The maximum Gasteiger partial charge on any atom is 0.246 e. The van der Waals surface area contributed by atoms with Crippen LogP contribution >= 0.6 is 0 Å². The SMILES string of the molecule is CCNc1ncccc1S(=O)(=O)N1CCC(CO)CC1. The smallest absolute Gasteiger partial charge is 0.246 e. The van der Waals surface area contributed by atoms with Crippen molar-refractivity contribution in [3.05, 3.63) is 18.3 Å². The fraction of sp³-hybridized carbons (Fsp3) is 0.615. The fourth-order valence-electron chi connectivity index (χ4n) is 2.37. The normalized spacial score (nSPS) is 18.1. The lowest BCUT2D eigenvalue weighted by Gasteiger charge is -2.30. The molecule has 0 atom stereocenters. The summed E-state index contributed by atoms with van der Waals surface area (Å²) in [5, 5.41) is 12.1. The Kier molecular flexibility index (Phi) is 4.95. The van der Waals surface area contributed by atoms with Gasteiger partial charge in [0.1, 0.15) is 10.7 Å². The molecule has 20 heavy (non-hydrogen) atoms. The number of rotatable bonds is 5. The molecule has 6 nitrogen and oxygen atoms in total. The molecule has 1 aromatic heterocycles. The second-order valence-electron chi connectivity index (χ2n) is 4.91. The molecule has 1 aliphatic rings. The maximum atomic E-state index is 12.7. The average molecular weight is 299 g/mol. The van der Waals surface area contributed by atoms with Gasteiger partial charge in [0.15, 0.2) is 0 Å². The summed E-state index contributed by atoms with van der Waals surface area (Å²) in [5.74, 6) is 0.614. The molecular formula is C13H21N3O3S. The molecule has 112 valence electrons. The van der Waals surface area contributed by atoms with Crippen LogP contribution in [-0.4, -0.2) is 49.1 Å². The van der Waals surface area contributed by atoms with Crippen LogP contribution in [-0.2, 0) is 10.0 Å². The number of nitrogens with zero attached hydrogens (tertiary/aromatic N) is 2. The summed E-state index contributed by atoms with van der Waals surface area (Å²) >= 11 is 0. The second kappa shape index (κ2) is 6.51. The molecule has 0 unspecified atom stereocenters. The lowest BCUT2D eigenvalue weighted by molar-refractivity contribution is 0.170. The van der Waals surface area contributed by atoms with Crippen molar-refractivity contribution in [2.75, 3.05) is 31.6 Å². The Hall–Kier alpha value is -1.18. The zero-order valence-electron chi connectivity index (χ0n) is 11.6. The van der Waals surface area contributed by atoms with Gasteiger partial charge in [-0.1, -0.05) is 0 Å². The lowest BCUT2D eigenvalue weighted by Crippen LogP contribution is -2.39. The number of sulfonamides is 1. The van der Waals surface area contributed by atoms with Crippen LogP contribution in [0.1, 0.15) is 19.8 Å². The third-order valence-corrected chi connectivity index (χ3v) is 5.49. The zero-order valence-corrected chi connectivity index (χ0v) is 12.4. The molecule has 7 heteroatoms. The summed E-state index contributed by atoms with van der Waals surface area (Å²) in [7, 11) is -3.52. The van der Waals surface area contributed by atoms with E-state index < -0.39 is 10.0 Å². The van der Waals surface area contributed by atoms with Crippen molar-refractivity contribution in [2.45, 2.75) is 24.7 Å². The molecule has 0 spiro atoms. The highest BCUT2D eigenvalue weighted by atomic mass is 32.2. The van der Waals surface area contributed by atoms with Crippen molar-refractivity contribution in [3.8, 4) is 0 Å². The number of anilines is 1. The van der Waals surface area contributed by atoms with Crippen molar-refractivity contribution in [1.29, 1.82) is 0 Å². The van der Waals surface area contributed by atoms with Gasteiger partial charge in [0, 0.05) is 32.4 Å². The monoisotopic (exact) mass is 299 g/mol. The molecule has 0 aliphatic carbocycles.